The van der Waals surface area contributed by atoms with Crippen LogP contribution in [0.4, 0.5) is 5.69 Å². The molecule has 4 atom stereocenters. The Hall–Kier alpha value is -1.72. The number of hydrogen-bond acceptors (Lipinski definition) is 5. The minimum Gasteiger partial charge on any atom is -0.487 e. The van der Waals surface area contributed by atoms with Crippen molar-refractivity contribution in [3.8, 4) is 0 Å². The summed E-state index contributed by atoms with van der Waals surface area (Å²) < 4.78 is 12.4. The molecule has 160 valence electrons. The zero-order chi connectivity index (χ0) is 21.8. The van der Waals surface area contributed by atoms with E-state index in [0.29, 0.717) is 24.4 Å². The van der Waals surface area contributed by atoms with Crippen molar-refractivity contribution in [1.82, 2.24) is 0 Å². The van der Waals surface area contributed by atoms with E-state index in [1.807, 2.05) is 20.2 Å². The van der Waals surface area contributed by atoms with Gasteiger partial charge in [0.1, 0.15) is 23.7 Å². The first-order valence-corrected chi connectivity index (χ1v) is 11.5. The van der Waals surface area contributed by atoms with E-state index in [4.69, 9.17) is 33.9 Å². The molecule has 1 saturated heterocycles. The molecule has 2 aliphatic heterocycles. The number of nitrogens with zero attached hydrogens (tertiary/aromatic N) is 1. The standard InChI is InChI=1S/C25H31NO2S2/c1-15(2)25(4)21-20(29)14-27-19(23(30)22(21)25)13-18-11-12-24(3,28-18)16-7-9-17(10-8-16)26(5)6/h7-11,13,15,21-22H,12,14H2,1-6H3. The van der Waals surface area contributed by atoms with Gasteiger partial charge in [0.25, 0.3) is 0 Å². The van der Waals surface area contributed by atoms with E-state index >= 15 is 0 Å². The maximum atomic E-state index is 6.40. The Morgan fingerprint density at radius 1 is 1.10 bits per heavy atom. The third-order valence-electron chi connectivity index (χ3n) is 7.35. The summed E-state index contributed by atoms with van der Waals surface area (Å²) in [6, 6.07) is 8.55. The minimum atomic E-state index is -0.381. The number of anilines is 1. The number of hydrogen-bond donors (Lipinski definition) is 0. The molecule has 2 heterocycles. The van der Waals surface area contributed by atoms with E-state index in [2.05, 4.69) is 62.9 Å². The Bertz CT molecular complexity index is 946. The molecule has 0 radical (unpaired) electrons. The van der Waals surface area contributed by atoms with Crippen molar-refractivity contribution in [3.05, 3.63) is 53.5 Å². The van der Waals surface area contributed by atoms with Gasteiger partial charge < -0.3 is 14.4 Å². The van der Waals surface area contributed by atoms with Gasteiger partial charge in [-0.25, -0.2) is 0 Å². The average molecular weight is 442 g/mol. The largest absolute Gasteiger partial charge is 0.487 e. The van der Waals surface area contributed by atoms with Crippen molar-refractivity contribution in [3.63, 3.8) is 0 Å². The number of thiocarbonyl (C=S) groups is 2. The predicted molar refractivity (Wildman–Crippen MR) is 131 cm³/mol. The maximum Gasteiger partial charge on any atom is 0.137 e. The van der Waals surface area contributed by atoms with E-state index in [-0.39, 0.29) is 11.0 Å². The van der Waals surface area contributed by atoms with Gasteiger partial charge in [0.05, 0.1) is 4.86 Å². The Balaban J connectivity index is 1.53. The minimum absolute atomic E-state index is 0.144. The highest BCUT2D eigenvalue weighted by atomic mass is 32.1. The summed E-state index contributed by atoms with van der Waals surface area (Å²) in [7, 11) is 4.09. The molecule has 0 aromatic heterocycles. The second-order valence-electron chi connectivity index (χ2n) is 9.69. The molecule has 30 heavy (non-hydrogen) atoms. The Kier molecular flexibility index (Phi) is 5.34. The molecular weight excluding hydrogens is 410 g/mol. The first-order valence-electron chi connectivity index (χ1n) is 10.7. The molecule has 1 aromatic rings. The van der Waals surface area contributed by atoms with Gasteiger partial charge in [-0.05, 0) is 42.0 Å². The summed E-state index contributed by atoms with van der Waals surface area (Å²) in [5, 5.41) is 0. The maximum absolute atomic E-state index is 6.40. The Labute approximate surface area is 191 Å². The van der Waals surface area contributed by atoms with Crippen molar-refractivity contribution in [2.75, 3.05) is 25.6 Å². The van der Waals surface area contributed by atoms with E-state index in [9.17, 15) is 0 Å². The molecule has 4 unspecified atom stereocenters. The lowest BCUT2D eigenvalue weighted by molar-refractivity contribution is 0.0463. The third kappa shape index (κ3) is 3.40. The lowest BCUT2D eigenvalue weighted by Gasteiger charge is -2.26. The molecule has 2 fully saturated rings. The molecular formula is C25H31NO2S2. The van der Waals surface area contributed by atoms with Gasteiger partial charge >= 0.3 is 0 Å². The van der Waals surface area contributed by atoms with Crippen LogP contribution in [0.15, 0.2) is 47.9 Å². The zero-order valence-electron chi connectivity index (χ0n) is 18.7. The summed E-state index contributed by atoms with van der Waals surface area (Å²) in [6.07, 6.45) is 4.92. The van der Waals surface area contributed by atoms with Crippen LogP contribution in [-0.2, 0) is 15.1 Å². The van der Waals surface area contributed by atoms with Crippen molar-refractivity contribution >= 4 is 39.9 Å². The quantitative estimate of drug-likeness (QED) is 0.431. The van der Waals surface area contributed by atoms with Gasteiger partial charge in [0.15, 0.2) is 0 Å². The molecule has 4 rings (SSSR count). The van der Waals surface area contributed by atoms with Gasteiger partial charge in [0, 0.05) is 49.0 Å². The van der Waals surface area contributed by atoms with Gasteiger partial charge in [-0.3, -0.25) is 0 Å². The summed E-state index contributed by atoms with van der Waals surface area (Å²) in [4.78, 5) is 3.99. The van der Waals surface area contributed by atoms with Gasteiger partial charge in [0.2, 0.25) is 0 Å². The highest BCUT2D eigenvalue weighted by Crippen LogP contribution is 2.65. The number of benzene rings is 1. The van der Waals surface area contributed by atoms with Crippen molar-refractivity contribution in [2.45, 2.75) is 39.7 Å². The molecule has 0 spiro atoms. The number of ether oxygens (including phenoxy) is 2. The van der Waals surface area contributed by atoms with Crippen molar-refractivity contribution in [1.29, 1.82) is 0 Å². The number of rotatable bonds is 4. The Morgan fingerprint density at radius 2 is 1.77 bits per heavy atom. The smallest absolute Gasteiger partial charge is 0.137 e. The summed E-state index contributed by atoms with van der Waals surface area (Å²) in [6.45, 7) is 9.43. The SMILES string of the molecule is CC(C)C1(C)C2C(=S)COC(=CC3=CCC(C)(c4ccc(N(C)C)cc4)O3)C(=S)C21. The van der Waals surface area contributed by atoms with Crippen LogP contribution in [0.2, 0.25) is 0 Å². The van der Waals surface area contributed by atoms with Crippen LogP contribution in [0.25, 0.3) is 0 Å². The zero-order valence-corrected chi connectivity index (χ0v) is 20.3. The van der Waals surface area contributed by atoms with Crippen LogP contribution in [0, 0.1) is 23.2 Å². The van der Waals surface area contributed by atoms with Crippen molar-refractivity contribution in [2.24, 2.45) is 23.2 Å². The van der Waals surface area contributed by atoms with Crippen molar-refractivity contribution < 1.29 is 9.47 Å². The average Bonchev–Trinajstić information content (AvgIpc) is 3.22. The Morgan fingerprint density at radius 3 is 2.37 bits per heavy atom. The van der Waals surface area contributed by atoms with Crippen LogP contribution < -0.4 is 4.90 Å². The molecule has 0 amide bonds. The van der Waals surface area contributed by atoms with Crippen LogP contribution in [0.3, 0.4) is 0 Å². The van der Waals surface area contributed by atoms with E-state index < -0.39 is 0 Å². The summed E-state index contributed by atoms with van der Waals surface area (Å²) >= 11 is 11.6. The molecule has 1 aliphatic carbocycles. The van der Waals surface area contributed by atoms with Crippen LogP contribution in [0.1, 0.15) is 39.7 Å². The van der Waals surface area contributed by atoms with E-state index in [1.54, 1.807) is 0 Å². The van der Waals surface area contributed by atoms with Crippen LogP contribution >= 0.6 is 24.4 Å². The fourth-order valence-corrected chi connectivity index (χ4v) is 5.90. The number of allylic oxidation sites excluding steroid dienone is 2. The topological polar surface area (TPSA) is 21.7 Å². The first-order chi connectivity index (χ1) is 14.1. The van der Waals surface area contributed by atoms with Gasteiger partial charge in [-0.1, -0.05) is 57.3 Å². The highest BCUT2D eigenvalue weighted by Gasteiger charge is 2.67. The predicted octanol–water partition coefficient (Wildman–Crippen LogP) is 5.83. The lowest BCUT2D eigenvalue weighted by atomic mass is 9.88. The summed E-state index contributed by atoms with van der Waals surface area (Å²) in [5.41, 5.74) is 2.10. The second kappa shape index (κ2) is 7.45. The van der Waals surface area contributed by atoms with Crippen LogP contribution in [-0.4, -0.2) is 30.4 Å². The van der Waals surface area contributed by atoms with E-state index in [0.717, 1.165) is 33.2 Å². The van der Waals surface area contributed by atoms with E-state index in [1.165, 1.54) is 5.69 Å². The third-order valence-corrected chi connectivity index (χ3v) is 8.18. The lowest BCUT2D eigenvalue weighted by Crippen LogP contribution is -2.21. The fraction of sp³-hybridized carbons (Fsp3) is 0.520. The fourth-order valence-electron chi connectivity index (χ4n) is 4.94. The van der Waals surface area contributed by atoms with Gasteiger partial charge in [-0.2, -0.15) is 0 Å². The van der Waals surface area contributed by atoms with Gasteiger partial charge in [-0.15, -0.1) is 0 Å². The molecule has 3 aliphatic rings. The highest BCUT2D eigenvalue weighted by molar-refractivity contribution is 7.81. The molecule has 3 nitrogen and oxygen atoms in total. The first kappa shape index (κ1) is 21.5. The normalized spacial score (nSPS) is 34.2. The number of fused-ring (bicyclic) bond motifs is 1. The molecule has 1 aromatic carbocycles. The molecule has 0 bridgehead atoms. The monoisotopic (exact) mass is 441 g/mol. The second-order valence-corrected chi connectivity index (χ2v) is 10.7. The molecule has 5 heteroatoms. The molecule has 0 N–H and O–H groups in total. The summed E-state index contributed by atoms with van der Waals surface area (Å²) in [5.74, 6) is 2.74. The van der Waals surface area contributed by atoms with Crippen LogP contribution in [0.5, 0.6) is 0 Å². The molecule has 1 saturated carbocycles.